The number of carbonyl (C=O) groups is 1. The molecular formula is C15H28O2. The molecular weight excluding hydrogens is 212 g/mol. The minimum absolute atomic E-state index is 0.000556. The topological polar surface area (TPSA) is 26.3 Å². The van der Waals surface area contributed by atoms with Crippen LogP contribution in [0.3, 0.4) is 0 Å². The molecule has 0 bridgehead atoms. The van der Waals surface area contributed by atoms with E-state index in [9.17, 15) is 4.79 Å². The van der Waals surface area contributed by atoms with Gasteiger partial charge in [-0.05, 0) is 51.9 Å². The van der Waals surface area contributed by atoms with Gasteiger partial charge in [0.05, 0.1) is 5.41 Å². The van der Waals surface area contributed by atoms with Crippen molar-refractivity contribution in [1.82, 2.24) is 0 Å². The lowest BCUT2D eigenvalue weighted by Gasteiger charge is -2.38. The lowest BCUT2D eigenvalue weighted by molar-refractivity contribution is -0.176. The van der Waals surface area contributed by atoms with Gasteiger partial charge in [0.25, 0.3) is 0 Å². The van der Waals surface area contributed by atoms with Gasteiger partial charge in [0, 0.05) is 0 Å². The normalized spacial score (nSPS) is 23.2. The lowest BCUT2D eigenvalue weighted by atomic mass is 9.76. The Labute approximate surface area is 106 Å². The first-order chi connectivity index (χ1) is 7.84. The van der Waals surface area contributed by atoms with Crippen molar-refractivity contribution in [3.63, 3.8) is 0 Å². The minimum atomic E-state index is -0.333. The van der Waals surface area contributed by atoms with Crippen LogP contribution in [0, 0.1) is 11.3 Å². The summed E-state index contributed by atoms with van der Waals surface area (Å²) in [4.78, 5) is 12.4. The molecule has 1 unspecified atom stereocenters. The van der Waals surface area contributed by atoms with Crippen LogP contribution in [0.15, 0.2) is 0 Å². The number of esters is 1. The fourth-order valence-corrected chi connectivity index (χ4v) is 2.53. The summed E-state index contributed by atoms with van der Waals surface area (Å²) in [6.07, 6.45) is 6.55. The van der Waals surface area contributed by atoms with Crippen LogP contribution in [0.4, 0.5) is 0 Å². The molecule has 1 aliphatic carbocycles. The number of ether oxygens (including phenoxy) is 1. The monoisotopic (exact) mass is 240 g/mol. The van der Waals surface area contributed by atoms with Crippen LogP contribution in [-0.4, -0.2) is 11.6 Å². The zero-order valence-corrected chi connectivity index (χ0v) is 12.1. The van der Waals surface area contributed by atoms with Crippen molar-refractivity contribution in [3.8, 4) is 0 Å². The van der Waals surface area contributed by atoms with Crippen LogP contribution in [0.25, 0.3) is 0 Å². The highest BCUT2D eigenvalue weighted by molar-refractivity contribution is 5.77. The first-order valence-electron chi connectivity index (χ1n) is 7.07. The number of hydrogen-bond acceptors (Lipinski definition) is 2. The van der Waals surface area contributed by atoms with E-state index in [1.54, 1.807) is 0 Å². The summed E-state index contributed by atoms with van der Waals surface area (Å²) in [7, 11) is 0. The van der Waals surface area contributed by atoms with Crippen molar-refractivity contribution in [1.29, 1.82) is 0 Å². The van der Waals surface area contributed by atoms with Gasteiger partial charge in [0.1, 0.15) is 5.60 Å². The van der Waals surface area contributed by atoms with E-state index in [0.717, 1.165) is 19.3 Å². The molecule has 2 heteroatoms. The summed E-state index contributed by atoms with van der Waals surface area (Å²) in [5, 5.41) is 0. The van der Waals surface area contributed by atoms with Crippen molar-refractivity contribution in [2.75, 3.05) is 0 Å². The van der Waals surface area contributed by atoms with Gasteiger partial charge in [0.15, 0.2) is 0 Å². The fraction of sp³-hybridized carbons (Fsp3) is 0.933. The van der Waals surface area contributed by atoms with Gasteiger partial charge in [-0.3, -0.25) is 4.79 Å². The molecule has 0 N–H and O–H groups in total. The van der Waals surface area contributed by atoms with E-state index >= 15 is 0 Å². The first-order valence-corrected chi connectivity index (χ1v) is 7.07. The van der Waals surface area contributed by atoms with E-state index in [-0.39, 0.29) is 17.0 Å². The van der Waals surface area contributed by atoms with Gasteiger partial charge in [-0.25, -0.2) is 0 Å². The van der Waals surface area contributed by atoms with E-state index in [1.807, 2.05) is 6.92 Å². The molecule has 100 valence electrons. The summed E-state index contributed by atoms with van der Waals surface area (Å²) in [5.74, 6) is 0.326. The SMILES string of the molecule is CCC(C)(C(=O)OC1(C)CCCCC1)C(C)C. The molecule has 0 amide bonds. The molecule has 17 heavy (non-hydrogen) atoms. The van der Waals surface area contributed by atoms with Gasteiger partial charge in [-0.15, -0.1) is 0 Å². The number of hydrogen-bond donors (Lipinski definition) is 0. The molecule has 1 aliphatic rings. The van der Waals surface area contributed by atoms with Crippen LogP contribution in [0.1, 0.15) is 73.1 Å². The Kier molecular flexibility index (Phi) is 4.62. The van der Waals surface area contributed by atoms with Crippen LogP contribution in [-0.2, 0) is 9.53 Å². The van der Waals surface area contributed by atoms with Crippen molar-refractivity contribution in [2.45, 2.75) is 78.7 Å². The summed E-state index contributed by atoms with van der Waals surface area (Å²) in [5.41, 5.74) is -0.541. The Bertz CT molecular complexity index is 264. The Morgan fingerprint density at radius 1 is 1.29 bits per heavy atom. The zero-order valence-electron chi connectivity index (χ0n) is 12.1. The second-order valence-corrected chi connectivity index (χ2v) is 6.33. The summed E-state index contributed by atoms with van der Waals surface area (Å²) < 4.78 is 5.86. The number of rotatable bonds is 4. The second kappa shape index (κ2) is 5.41. The highest BCUT2D eigenvalue weighted by atomic mass is 16.6. The standard InChI is InChI=1S/C15H28O2/c1-6-15(5,12(2)3)13(16)17-14(4)10-8-7-9-11-14/h12H,6-11H2,1-5H3. The molecule has 0 saturated heterocycles. The lowest BCUT2D eigenvalue weighted by Crippen LogP contribution is -2.42. The Balaban J connectivity index is 2.70. The third-order valence-corrected chi connectivity index (χ3v) is 4.73. The molecule has 1 saturated carbocycles. The molecule has 0 aliphatic heterocycles. The Morgan fingerprint density at radius 2 is 1.82 bits per heavy atom. The van der Waals surface area contributed by atoms with Crippen LogP contribution >= 0.6 is 0 Å². The Hall–Kier alpha value is -0.530. The molecule has 0 aromatic rings. The van der Waals surface area contributed by atoms with E-state index < -0.39 is 0 Å². The van der Waals surface area contributed by atoms with Gasteiger partial charge in [-0.2, -0.15) is 0 Å². The van der Waals surface area contributed by atoms with E-state index in [2.05, 4.69) is 27.7 Å². The molecule has 1 rings (SSSR count). The van der Waals surface area contributed by atoms with Gasteiger partial charge < -0.3 is 4.74 Å². The highest BCUT2D eigenvalue weighted by Gasteiger charge is 2.40. The molecule has 1 fully saturated rings. The maximum Gasteiger partial charge on any atom is 0.312 e. The summed E-state index contributed by atoms with van der Waals surface area (Å²) in [6.45, 7) is 10.4. The van der Waals surface area contributed by atoms with E-state index in [4.69, 9.17) is 4.74 Å². The van der Waals surface area contributed by atoms with Crippen molar-refractivity contribution in [2.24, 2.45) is 11.3 Å². The third-order valence-electron chi connectivity index (χ3n) is 4.73. The summed E-state index contributed by atoms with van der Waals surface area (Å²) >= 11 is 0. The molecule has 0 aromatic heterocycles. The summed E-state index contributed by atoms with van der Waals surface area (Å²) in [6, 6.07) is 0. The van der Waals surface area contributed by atoms with Crippen molar-refractivity contribution >= 4 is 5.97 Å². The smallest absolute Gasteiger partial charge is 0.312 e. The maximum atomic E-state index is 12.4. The van der Waals surface area contributed by atoms with Crippen molar-refractivity contribution < 1.29 is 9.53 Å². The van der Waals surface area contributed by atoms with Crippen molar-refractivity contribution in [3.05, 3.63) is 0 Å². The van der Waals surface area contributed by atoms with Gasteiger partial charge >= 0.3 is 5.97 Å². The average molecular weight is 240 g/mol. The third kappa shape index (κ3) is 3.23. The highest BCUT2D eigenvalue weighted by Crippen LogP contribution is 2.37. The molecule has 1 atom stereocenters. The predicted molar refractivity (Wildman–Crippen MR) is 70.8 cm³/mol. The van der Waals surface area contributed by atoms with Crippen LogP contribution in [0.2, 0.25) is 0 Å². The Morgan fingerprint density at radius 3 is 2.24 bits per heavy atom. The molecule has 0 spiro atoms. The zero-order chi connectivity index (χ0) is 13.1. The molecule has 0 aromatic carbocycles. The molecule has 0 radical (unpaired) electrons. The average Bonchev–Trinajstić information content (AvgIpc) is 2.27. The van der Waals surface area contributed by atoms with E-state index in [1.165, 1.54) is 19.3 Å². The molecule has 2 nitrogen and oxygen atoms in total. The van der Waals surface area contributed by atoms with Gasteiger partial charge in [-0.1, -0.05) is 27.2 Å². The maximum absolute atomic E-state index is 12.4. The second-order valence-electron chi connectivity index (χ2n) is 6.33. The quantitative estimate of drug-likeness (QED) is 0.684. The van der Waals surface area contributed by atoms with Gasteiger partial charge in [0.2, 0.25) is 0 Å². The van der Waals surface area contributed by atoms with Crippen LogP contribution < -0.4 is 0 Å². The fourth-order valence-electron chi connectivity index (χ4n) is 2.53. The molecule has 0 heterocycles. The predicted octanol–water partition coefficient (Wildman–Crippen LogP) is 4.32. The van der Waals surface area contributed by atoms with Crippen LogP contribution in [0.5, 0.6) is 0 Å². The first kappa shape index (κ1) is 14.5. The van der Waals surface area contributed by atoms with E-state index in [0.29, 0.717) is 5.92 Å². The largest absolute Gasteiger partial charge is 0.459 e. The number of carbonyl (C=O) groups excluding carboxylic acids is 1. The minimum Gasteiger partial charge on any atom is -0.459 e.